The first-order valence-corrected chi connectivity index (χ1v) is 4.89. The van der Waals surface area contributed by atoms with Crippen molar-refractivity contribution in [3.05, 3.63) is 54.1 Å². The summed E-state index contributed by atoms with van der Waals surface area (Å²) in [5, 5.41) is 2.71. The van der Waals surface area contributed by atoms with Crippen molar-refractivity contribution >= 4 is 11.6 Å². The lowest BCUT2D eigenvalue weighted by atomic mass is 10.1. The number of carbonyl (C=O) groups is 1. The summed E-state index contributed by atoms with van der Waals surface area (Å²) in [5.74, 6) is -0.158. The van der Waals surface area contributed by atoms with Crippen LogP contribution in [-0.4, -0.2) is 15.9 Å². The summed E-state index contributed by atoms with van der Waals surface area (Å²) in [7, 11) is 0. The number of nitrogens with one attached hydrogen (secondary N) is 1. The van der Waals surface area contributed by atoms with Gasteiger partial charge in [-0.25, -0.2) is 9.97 Å². The Bertz CT molecular complexity index is 479. The van der Waals surface area contributed by atoms with Gasteiger partial charge in [0.15, 0.2) is 0 Å². The van der Waals surface area contributed by atoms with Gasteiger partial charge in [-0.05, 0) is 19.1 Å². The molecule has 0 bridgehead atoms. The van der Waals surface area contributed by atoms with Crippen LogP contribution in [0.4, 0.5) is 5.69 Å². The van der Waals surface area contributed by atoms with Crippen molar-refractivity contribution in [2.75, 3.05) is 5.32 Å². The molecule has 1 aromatic heterocycles. The van der Waals surface area contributed by atoms with Gasteiger partial charge in [0.2, 0.25) is 0 Å². The number of anilines is 1. The fourth-order valence-electron chi connectivity index (χ4n) is 1.27. The van der Waals surface area contributed by atoms with Gasteiger partial charge in [-0.1, -0.05) is 17.7 Å². The molecule has 16 heavy (non-hydrogen) atoms. The zero-order valence-electron chi connectivity index (χ0n) is 8.84. The lowest BCUT2D eigenvalue weighted by Gasteiger charge is -2.03. The maximum absolute atomic E-state index is 11.8. The van der Waals surface area contributed by atoms with E-state index in [0.29, 0.717) is 11.3 Å². The molecule has 0 atom stereocenters. The lowest BCUT2D eigenvalue weighted by Crippen LogP contribution is -2.12. The van der Waals surface area contributed by atoms with E-state index in [1.807, 2.05) is 19.1 Å². The van der Waals surface area contributed by atoms with Gasteiger partial charge >= 0.3 is 0 Å². The topological polar surface area (TPSA) is 54.9 Å². The Morgan fingerprint density at radius 1 is 1.12 bits per heavy atom. The molecule has 2 rings (SSSR count). The number of aromatic nitrogens is 2. The second kappa shape index (κ2) is 4.53. The summed E-state index contributed by atoms with van der Waals surface area (Å²) in [6.45, 7) is 1.98. The molecule has 80 valence electrons. The number of carbonyl (C=O) groups excluding carboxylic acids is 1. The number of hydrogen-bond acceptors (Lipinski definition) is 3. The SMILES string of the molecule is Cc1ccc(C(=O)Nc2cncnc2)cc1. The molecule has 4 nitrogen and oxygen atoms in total. The van der Waals surface area contributed by atoms with Crippen molar-refractivity contribution in [3.63, 3.8) is 0 Å². The third kappa shape index (κ3) is 2.42. The van der Waals surface area contributed by atoms with Gasteiger partial charge in [-0.15, -0.1) is 0 Å². The van der Waals surface area contributed by atoms with Crippen LogP contribution in [0.3, 0.4) is 0 Å². The van der Waals surface area contributed by atoms with E-state index in [1.54, 1.807) is 24.5 Å². The molecule has 2 aromatic rings. The molecule has 0 aliphatic heterocycles. The Labute approximate surface area is 93.4 Å². The van der Waals surface area contributed by atoms with E-state index in [4.69, 9.17) is 0 Å². The minimum absolute atomic E-state index is 0.158. The standard InChI is InChI=1S/C12H11N3O/c1-9-2-4-10(5-3-9)12(16)15-11-6-13-8-14-7-11/h2-8H,1H3,(H,15,16). The maximum Gasteiger partial charge on any atom is 0.255 e. The summed E-state index contributed by atoms with van der Waals surface area (Å²) < 4.78 is 0. The lowest BCUT2D eigenvalue weighted by molar-refractivity contribution is 0.102. The average molecular weight is 213 g/mol. The molecular weight excluding hydrogens is 202 g/mol. The van der Waals surface area contributed by atoms with Crippen molar-refractivity contribution in [1.29, 1.82) is 0 Å². The minimum atomic E-state index is -0.158. The molecular formula is C12H11N3O. The van der Waals surface area contributed by atoms with Crippen molar-refractivity contribution < 1.29 is 4.79 Å². The van der Waals surface area contributed by atoms with E-state index in [1.165, 1.54) is 6.33 Å². The molecule has 1 aromatic carbocycles. The van der Waals surface area contributed by atoms with E-state index < -0.39 is 0 Å². The average Bonchev–Trinajstić information content (AvgIpc) is 2.31. The fourth-order valence-corrected chi connectivity index (χ4v) is 1.27. The minimum Gasteiger partial charge on any atom is -0.319 e. The number of nitrogens with zero attached hydrogens (tertiary/aromatic N) is 2. The molecule has 0 aliphatic rings. The van der Waals surface area contributed by atoms with Crippen LogP contribution in [0.1, 0.15) is 15.9 Å². The smallest absolute Gasteiger partial charge is 0.255 e. The van der Waals surface area contributed by atoms with Gasteiger partial charge in [0.25, 0.3) is 5.91 Å². The quantitative estimate of drug-likeness (QED) is 0.830. The molecule has 0 aliphatic carbocycles. The van der Waals surface area contributed by atoms with E-state index in [0.717, 1.165) is 5.56 Å². The number of rotatable bonds is 2. The second-order valence-electron chi connectivity index (χ2n) is 3.45. The van der Waals surface area contributed by atoms with Gasteiger partial charge in [-0.2, -0.15) is 0 Å². The highest BCUT2D eigenvalue weighted by atomic mass is 16.1. The molecule has 0 saturated carbocycles. The molecule has 1 amide bonds. The van der Waals surface area contributed by atoms with Gasteiger partial charge in [-0.3, -0.25) is 4.79 Å². The van der Waals surface area contributed by atoms with Crippen molar-refractivity contribution in [2.24, 2.45) is 0 Å². The van der Waals surface area contributed by atoms with Crippen LogP contribution in [0.2, 0.25) is 0 Å². The van der Waals surface area contributed by atoms with Crippen molar-refractivity contribution in [2.45, 2.75) is 6.92 Å². The molecule has 0 radical (unpaired) electrons. The Kier molecular flexibility index (Phi) is 2.91. The number of aryl methyl sites for hydroxylation is 1. The highest BCUT2D eigenvalue weighted by molar-refractivity contribution is 6.04. The zero-order chi connectivity index (χ0) is 11.4. The van der Waals surface area contributed by atoms with Gasteiger partial charge in [0, 0.05) is 5.56 Å². The summed E-state index contributed by atoms with van der Waals surface area (Å²) in [4.78, 5) is 19.4. The van der Waals surface area contributed by atoms with Crippen LogP contribution in [0.15, 0.2) is 43.0 Å². The third-order valence-electron chi connectivity index (χ3n) is 2.13. The van der Waals surface area contributed by atoms with Crippen molar-refractivity contribution in [1.82, 2.24) is 9.97 Å². The van der Waals surface area contributed by atoms with Crippen LogP contribution in [0.5, 0.6) is 0 Å². The van der Waals surface area contributed by atoms with Crippen molar-refractivity contribution in [3.8, 4) is 0 Å². The first kappa shape index (κ1) is 10.3. The monoisotopic (exact) mass is 213 g/mol. The third-order valence-corrected chi connectivity index (χ3v) is 2.13. The Morgan fingerprint density at radius 2 is 1.75 bits per heavy atom. The second-order valence-corrected chi connectivity index (χ2v) is 3.45. The Balaban J connectivity index is 2.12. The largest absolute Gasteiger partial charge is 0.319 e. The summed E-state index contributed by atoms with van der Waals surface area (Å²) in [5.41, 5.74) is 2.34. The van der Waals surface area contributed by atoms with E-state index in [2.05, 4.69) is 15.3 Å². The van der Waals surface area contributed by atoms with E-state index in [9.17, 15) is 4.79 Å². The Morgan fingerprint density at radius 3 is 2.38 bits per heavy atom. The highest BCUT2D eigenvalue weighted by Crippen LogP contribution is 2.07. The number of hydrogen-bond donors (Lipinski definition) is 1. The van der Waals surface area contributed by atoms with Crippen LogP contribution in [0.25, 0.3) is 0 Å². The molecule has 0 saturated heterocycles. The Hall–Kier alpha value is -2.23. The molecule has 0 unspecified atom stereocenters. The van der Waals surface area contributed by atoms with Crippen LogP contribution < -0.4 is 5.32 Å². The van der Waals surface area contributed by atoms with Crippen LogP contribution in [0, 0.1) is 6.92 Å². The van der Waals surface area contributed by atoms with Crippen LogP contribution >= 0.6 is 0 Å². The molecule has 1 N–H and O–H groups in total. The predicted octanol–water partition coefficient (Wildman–Crippen LogP) is 2.04. The number of benzene rings is 1. The summed E-state index contributed by atoms with van der Waals surface area (Å²) in [6, 6.07) is 7.37. The molecule has 4 heteroatoms. The molecule has 0 fully saturated rings. The van der Waals surface area contributed by atoms with Gasteiger partial charge in [0.05, 0.1) is 18.1 Å². The highest BCUT2D eigenvalue weighted by Gasteiger charge is 2.05. The zero-order valence-corrected chi connectivity index (χ0v) is 8.84. The first-order chi connectivity index (χ1) is 7.75. The molecule has 0 spiro atoms. The summed E-state index contributed by atoms with van der Waals surface area (Å²) in [6.07, 6.45) is 4.53. The molecule has 1 heterocycles. The van der Waals surface area contributed by atoms with Gasteiger partial charge < -0.3 is 5.32 Å². The van der Waals surface area contributed by atoms with E-state index >= 15 is 0 Å². The van der Waals surface area contributed by atoms with Gasteiger partial charge in [0.1, 0.15) is 6.33 Å². The van der Waals surface area contributed by atoms with E-state index in [-0.39, 0.29) is 5.91 Å². The number of amides is 1. The first-order valence-electron chi connectivity index (χ1n) is 4.89. The maximum atomic E-state index is 11.8. The van der Waals surface area contributed by atoms with Crippen LogP contribution in [-0.2, 0) is 0 Å². The summed E-state index contributed by atoms with van der Waals surface area (Å²) >= 11 is 0. The normalized spacial score (nSPS) is 9.81. The fraction of sp³-hybridized carbons (Fsp3) is 0.0833. The predicted molar refractivity (Wildman–Crippen MR) is 61.2 cm³/mol.